The molecular formula is C15H17ClN2O3. The molecule has 5 nitrogen and oxygen atoms in total. The number of pyridine rings is 1. The van der Waals surface area contributed by atoms with Crippen molar-refractivity contribution >= 4 is 11.6 Å². The molecule has 2 aromatic heterocycles. The van der Waals surface area contributed by atoms with Gasteiger partial charge in [0.05, 0.1) is 30.4 Å². The van der Waals surface area contributed by atoms with Crippen molar-refractivity contribution in [2.24, 2.45) is 0 Å². The number of aromatic nitrogens is 1. The maximum absolute atomic E-state index is 5.88. The van der Waals surface area contributed by atoms with E-state index < -0.39 is 0 Å². The Labute approximate surface area is 128 Å². The average Bonchev–Trinajstić information content (AvgIpc) is 2.99. The summed E-state index contributed by atoms with van der Waals surface area (Å²) in [6, 6.07) is 3.74. The molecule has 0 bridgehead atoms. The first-order valence-electron chi connectivity index (χ1n) is 6.88. The zero-order valence-corrected chi connectivity index (χ0v) is 12.3. The summed E-state index contributed by atoms with van der Waals surface area (Å²) in [5.74, 6) is 0.665. The minimum absolute atomic E-state index is 0.0460. The molecule has 3 heterocycles. The highest BCUT2D eigenvalue weighted by molar-refractivity contribution is 6.30. The molecule has 0 spiro atoms. The number of nitrogens with zero attached hydrogens (tertiary/aromatic N) is 2. The monoisotopic (exact) mass is 308 g/mol. The Balaban J connectivity index is 1.49. The Morgan fingerprint density at radius 2 is 2.38 bits per heavy atom. The second-order valence-corrected chi connectivity index (χ2v) is 5.45. The molecule has 0 aliphatic carbocycles. The summed E-state index contributed by atoms with van der Waals surface area (Å²) in [7, 11) is 0. The van der Waals surface area contributed by atoms with Gasteiger partial charge in [0.1, 0.15) is 18.5 Å². The zero-order chi connectivity index (χ0) is 14.5. The first kappa shape index (κ1) is 14.4. The van der Waals surface area contributed by atoms with E-state index >= 15 is 0 Å². The molecule has 1 unspecified atom stereocenters. The zero-order valence-electron chi connectivity index (χ0n) is 11.6. The van der Waals surface area contributed by atoms with E-state index in [1.165, 1.54) is 5.56 Å². The number of morpholine rings is 1. The number of hydrogen-bond acceptors (Lipinski definition) is 5. The van der Waals surface area contributed by atoms with Gasteiger partial charge in [-0.2, -0.15) is 0 Å². The topological polar surface area (TPSA) is 47.7 Å². The van der Waals surface area contributed by atoms with Gasteiger partial charge in [0, 0.05) is 37.5 Å². The van der Waals surface area contributed by atoms with Crippen molar-refractivity contribution in [1.82, 2.24) is 9.88 Å². The third kappa shape index (κ3) is 4.20. The number of halogens is 1. The van der Waals surface area contributed by atoms with Gasteiger partial charge in [-0.25, -0.2) is 0 Å². The van der Waals surface area contributed by atoms with Gasteiger partial charge in [-0.3, -0.25) is 9.88 Å². The first-order chi connectivity index (χ1) is 10.3. The van der Waals surface area contributed by atoms with Gasteiger partial charge in [-0.05, 0) is 6.07 Å². The Kier molecular flexibility index (Phi) is 4.75. The van der Waals surface area contributed by atoms with E-state index in [-0.39, 0.29) is 6.10 Å². The van der Waals surface area contributed by atoms with Crippen molar-refractivity contribution in [3.8, 4) is 5.75 Å². The van der Waals surface area contributed by atoms with Crippen LogP contribution in [0.25, 0.3) is 0 Å². The van der Waals surface area contributed by atoms with E-state index in [1.54, 1.807) is 31.0 Å². The third-order valence-electron chi connectivity index (χ3n) is 3.32. The van der Waals surface area contributed by atoms with Crippen LogP contribution < -0.4 is 4.74 Å². The fraction of sp³-hybridized carbons (Fsp3) is 0.400. The fourth-order valence-corrected chi connectivity index (χ4v) is 2.49. The molecule has 2 aromatic rings. The summed E-state index contributed by atoms with van der Waals surface area (Å²) in [4.78, 5) is 6.33. The summed E-state index contributed by atoms with van der Waals surface area (Å²) < 4.78 is 16.5. The van der Waals surface area contributed by atoms with Gasteiger partial charge in [0.2, 0.25) is 0 Å². The van der Waals surface area contributed by atoms with E-state index in [4.69, 9.17) is 25.5 Å². The lowest BCUT2D eigenvalue weighted by Gasteiger charge is -2.32. The van der Waals surface area contributed by atoms with Crippen LogP contribution in [0.2, 0.25) is 5.02 Å². The maximum Gasteiger partial charge on any atom is 0.139 e. The highest BCUT2D eigenvalue weighted by Gasteiger charge is 2.21. The highest BCUT2D eigenvalue weighted by atomic mass is 35.5. The van der Waals surface area contributed by atoms with E-state index in [1.807, 2.05) is 6.07 Å². The van der Waals surface area contributed by atoms with E-state index in [0.717, 1.165) is 19.6 Å². The molecule has 0 amide bonds. The summed E-state index contributed by atoms with van der Waals surface area (Å²) in [5, 5.41) is 0.568. The fourth-order valence-electron chi connectivity index (χ4n) is 2.33. The van der Waals surface area contributed by atoms with Crippen molar-refractivity contribution in [1.29, 1.82) is 0 Å². The molecule has 6 heteroatoms. The molecule has 0 aromatic carbocycles. The molecule has 0 radical (unpaired) electrons. The lowest BCUT2D eigenvalue weighted by molar-refractivity contribution is -0.0505. The van der Waals surface area contributed by atoms with Gasteiger partial charge in [0.15, 0.2) is 0 Å². The van der Waals surface area contributed by atoms with Crippen LogP contribution in [-0.2, 0) is 11.3 Å². The van der Waals surface area contributed by atoms with Crippen LogP contribution in [-0.4, -0.2) is 42.3 Å². The minimum Gasteiger partial charge on any atom is -0.489 e. The Bertz CT molecular complexity index is 562. The van der Waals surface area contributed by atoms with Crippen LogP contribution in [0.15, 0.2) is 41.5 Å². The highest BCUT2D eigenvalue weighted by Crippen LogP contribution is 2.17. The smallest absolute Gasteiger partial charge is 0.139 e. The number of furan rings is 1. The minimum atomic E-state index is 0.0460. The Hall–Kier alpha value is -1.56. The molecule has 3 rings (SSSR count). The molecule has 1 atom stereocenters. The molecule has 1 fully saturated rings. The molecular weight excluding hydrogens is 292 g/mol. The van der Waals surface area contributed by atoms with Crippen molar-refractivity contribution in [2.75, 3.05) is 26.3 Å². The summed E-state index contributed by atoms with van der Waals surface area (Å²) in [6.07, 6.45) is 6.75. The van der Waals surface area contributed by atoms with Gasteiger partial charge < -0.3 is 13.9 Å². The lowest BCUT2D eigenvalue weighted by atomic mass is 10.2. The normalized spacial score (nSPS) is 19.6. The van der Waals surface area contributed by atoms with E-state index in [0.29, 0.717) is 24.0 Å². The molecule has 0 saturated carbocycles. The van der Waals surface area contributed by atoms with Crippen LogP contribution >= 0.6 is 11.6 Å². The second kappa shape index (κ2) is 6.93. The SMILES string of the molecule is Clc1cncc(OCC2CN(Cc3ccoc3)CCO2)c1. The molecule has 1 aliphatic rings. The molecule has 1 aliphatic heterocycles. The summed E-state index contributed by atoms with van der Waals surface area (Å²) >= 11 is 5.88. The van der Waals surface area contributed by atoms with Crippen molar-refractivity contribution in [3.63, 3.8) is 0 Å². The summed E-state index contributed by atoms with van der Waals surface area (Å²) in [6.45, 7) is 3.82. The van der Waals surface area contributed by atoms with Gasteiger partial charge in [-0.15, -0.1) is 0 Å². The number of hydrogen-bond donors (Lipinski definition) is 0. The molecule has 21 heavy (non-hydrogen) atoms. The Morgan fingerprint density at radius 1 is 1.43 bits per heavy atom. The van der Waals surface area contributed by atoms with Crippen molar-refractivity contribution in [2.45, 2.75) is 12.6 Å². The van der Waals surface area contributed by atoms with Crippen LogP contribution in [0.4, 0.5) is 0 Å². The number of ether oxygens (including phenoxy) is 2. The van der Waals surface area contributed by atoms with E-state index in [2.05, 4.69) is 9.88 Å². The number of rotatable bonds is 5. The van der Waals surface area contributed by atoms with Crippen molar-refractivity contribution < 1.29 is 13.9 Å². The van der Waals surface area contributed by atoms with Crippen LogP contribution in [0, 0.1) is 0 Å². The van der Waals surface area contributed by atoms with Gasteiger partial charge in [-0.1, -0.05) is 11.6 Å². The summed E-state index contributed by atoms with van der Waals surface area (Å²) in [5.41, 5.74) is 1.18. The van der Waals surface area contributed by atoms with Crippen molar-refractivity contribution in [3.05, 3.63) is 47.6 Å². The third-order valence-corrected chi connectivity index (χ3v) is 3.53. The van der Waals surface area contributed by atoms with Crippen LogP contribution in [0.1, 0.15) is 5.56 Å². The Morgan fingerprint density at radius 3 is 3.19 bits per heavy atom. The molecule has 1 saturated heterocycles. The average molecular weight is 309 g/mol. The molecule has 112 valence electrons. The largest absolute Gasteiger partial charge is 0.489 e. The quantitative estimate of drug-likeness (QED) is 0.849. The van der Waals surface area contributed by atoms with Crippen LogP contribution in [0.3, 0.4) is 0 Å². The predicted octanol–water partition coefficient (Wildman–Crippen LogP) is 2.61. The lowest BCUT2D eigenvalue weighted by Crippen LogP contribution is -2.44. The molecule has 0 N–H and O–H groups in total. The maximum atomic E-state index is 5.88. The predicted molar refractivity (Wildman–Crippen MR) is 78.5 cm³/mol. The standard InChI is InChI=1S/C15H17ClN2O3/c16-13-5-14(7-17-6-13)21-11-15-9-18(2-4-20-15)8-12-1-3-19-10-12/h1,3,5-7,10,15H,2,4,8-9,11H2. The van der Waals surface area contributed by atoms with Crippen LogP contribution in [0.5, 0.6) is 5.75 Å². The first-order valence-corrected chi connectivity index (χ1v) is 7.26. The second-order valence-electron chi connectivity index (χ2n) is 5.01. The van der Waals surface area contributed by atoms with Gasteiger partial charge in [0.25, 0.3) is 0 Å². The van der Waals surface area contributed by atoms with E-state index in [9.17, 15) is 0 Å². The van der Waals surface area contributed by atoms with Gasteiger partial charge >= 0.3 is 0 Å².